The van der Waals surface area contributed by atoms with Crippen LogP contribution in [-0.4, -0.2) is 20.2 Å². The van der Waals surface area contributed by atoms with E-state index in [1.54, 1.807) is 0 Å². The van der Waals surface area contributed by atoms with E-state index in [9.17, 15) is 9.59 Å². The lowest BCUT2D eigenvalue weighted by molar-refractivity contribution is 0.466. The fraction of sp³-hybridized carbons (Fsp3) is 0. The maximum Gasteiger partial charge on any atom is 0.266 e. The third kappa shape index (κ3) is 4.04. The van der Waals surface area contributed by atoms with Crippen LogP contribution in [0.4, 0.5) is 0 Å². The summed E-state index contributed by atoms with van der Waals surface area (Å²) in [5.74, 6) is -0.0856. The molecule has 2 heterocycles. The Morgan fingerprint density at radius 1 is 1.11 bits per heavy atom. The first-order valence-corrected chi connectivity index (χ1v) is 6.13. The van der Waals surface area contributed by atoms with Crippen LogP contribution in [0.5, 0.6) is 11.5 Å². The minimum Gasteiger partial charge on any atom is -0.508 e. The Morgan fingerprint density at radius 3 is 2.22 bits per heavy atom. The van der Waals surface area contributed by atoms with Gasteiger partial charge < -0.3 is 20.2 Å². The van der Waals surface area contributed by atoms with Crippen molar-refractivity contribution in [2.24, 2.45) is 0 Å². The van der Waals surface area contributed by atoms with Crippen LogP contribution in [0.15, 0.2) is 43.1 Å². The zero-order chi connectivity index (χ0) is 13.7. The molecular weight excluding hydrogens is 372 g/mol. The third-order valence-corrected chi connectivity index (χ3v) is 3.06. The minimum atomic E-state index is -0.347. The van der Waals surface area contributed by atoms with E-state index in [2.05, 4.69) is 41.8 Å². The molecule has 0 atom stereocenters. The van der Waals surface area contributed by atoms with Crippen molar-refractivity contribution in [1.29, 1.82) is 0 Å². The van der Waals surface area contributed by atoms with Crippen molar-refractivity contribution in [3.05, 3.63) is 54.2 Å². The number of hydrogen-bond acceptors (Lipinski definition) is 4. The van der Waals surface area contributed by atoms with Gasteiger partial charge in [-0.2, -0.15) is 0 Å². The predicted octanol–water partition coefficient (Wildman–Crippen LogP) is 1.69. The average molecular weight is 380 g/mol. The highest BCUT2D eigenvalue weighted by Gasteiger charge is 2.04. The molecule has 0 aromatic carbocycles. The number of nitrogens with one attached hydrogen (secondary N) is 2. The van der Waals surface area contributed by atoms with Crippen molar-refractivity contribution < 1.29 is 10.2 Å². The van der Waals surface area contributed by atoms with Crippen LogP contribution in [-0.2, 0) is 0 Å². The molecule has 8 heteroatoms. The molecule has 2 aromatic heterocycles. The van der Waals surface area contributed by atoms with Gasteiger partial charge >= 0.3 is 0 Å². The van der Waals surface area contributed by atoms with E-state index < -0.39 is 0 Å². The summed E-state index contributed by atoms with van der Waals surface area (Å²) in [6.07, 6.45) is 2.76. The second-order valence-electron chi connectivity index (χ2n) is 3.04. The first-order valence-electron chi connectivity index (χ1n) is 4.55. The monoisotopic (exact) mass is 378 g/mol. The number of aromatic nitrogens is 2. The first-order chi connectivity index (χ1) is 8.41. The van der Waals surface area contributed by atoms with Gasteiger partial charge in [0.05, 0.1) is 4.47 Å². The molecule has 0 bridgehead atoms. The molecule has 0 spiro atoms. The Balaban J connectivity index is 0.000000184. The minimum absolute atomic E-state index is 0.00579. The van der Waals surface area contributed by atoms with E-state index in [0.717, 1.165) is 6.07 Å². The van der Waals surface area contributed by atoms with Crippen molar-refractivity contribution in [3.63, 3.8) is 0 Å². The summed E-state index contributed by atoms with van der Waals surface area (Å²) in [6.45, 7) is 0. The summed E-state index contributed by atoms with van der Waals surface area (Å²) in [4.78, 5) is 25.7. The Kier molecular flexibility index (Phi) is 5.17. The second kappa shape index (κ2) is 6.41. The lowest BCUT2D eigenvalue weighted by atomic mass is 10.4. The highest BCUT2D eigenvalue weighted by molar-refractivity contribution is 9.11. The maximum absolute atomic E-state index is 10.7. The number of H-pyrrole nitrogens is 2. The highest BCUT2D eigenvalue weighted by atomic mass is 79.9. The van der Waals surface area contributed by atoms with E-state index in [1.807, 2.05) is 0 Å². The Morgan fingerprint density at radius 2 is 1.78 bits per heavy atom. The van der Waals surface area contributed by atoms with Crippen LogP contribution in [0.2, 0.25) is 0 Å². The molecule has 0 aliphatic carbocycles. The fourth-order valence-corrected chi connectivity index (χ4v) is 1.81. The van der Waals surface area contributed by atoms with Crippen molar-refractivity contribution in [2.45, 2.75) is 0 Å². The fourth-order valence-electron chi connectivity index (χ4n) is 0.906. The van der Waals surface area contributed by atoms with E-state index in [-0.39, 0.29) is 27.1 Å². The van der Waals surface area contributed by atoms with E-state index >= 15 is 0 Å². The molecule has 0 saturated heterocycles. The molecule has 96 valence electrons. The van der Waals surface area contributed by atoms with Crippen molar-refractivity contribution in [1.82, 2.24) is 9.97 Å². The van der Waals surface area contributed by atoms with Gasteiger partial charge in [-0.3, -0.25) is 9.59 Å². The Hall–Kier alpha value is -1.54. The smallest absolute Gasteiger partial charge is 0.266 e. The van der Waals surface area contributed by atoms with E-state index in [1.165, 1.54) is 18.5 Å². The van der Waals surface area contributed by atoms with Gasteiger partial charge in [-0.1, -0.05) is 0 Å². The number of rotatable bonds is 0. The van der Waals surface area contributed by atoms with E-state index in [0.29, 0.717) is 4.47 Å². The summed E-state index contributed by atoms with van der Waals surface area (Å²) < 4.78 is 0.598. The molecule has 0 amide bonds. The van der Waals surface area contributed by atoms with Gasteiger partial charge in [-0.05, 0) is 37.9 Å². The van der Waals surface area contributed by atoms with Gasteiger partial charge in [0.2, 0.25) is 0 Å². The molecule has 0 saturated carbocycles. The average Bonchev–Trinajstić information content (AvgIpc) is 2.32. The van der Waals surface area contributed by atoms with Crippen molar-refractivity contribution in [2.75, 3.05) is 0 Å². The Bertz CT molecular complexity index is 651. The van der Waals surface area contributed by atoms with Gasteiger partial charge in [0.25, 0.3) is 11.1 Å². The zero-order valence-corrected chi connectivity index (χ0v) is 11.9. The lowest BCUT2D eigenvalue weighted by Crippen LogP contribution is -2.04. The summed E-state index contributed by atoms with van der Waals surface area (Å²) in [7, 11) is 0. The van der Waals surface area contributed by atoms with Crippen molar-refractivity contribution >= 4 is 31.9 Å². The van der Waals surface area contributed by atoms with E-state index in [4.69, 9.17) is 10.2 Å². The van der Waals surface area contributed by atoms with Gasteiger partial charge in [0.1, 0.15) is 10.2 Å². The molecule has 0 aliphatic rings. The summed E-state index contributed by atoms with van der Waals surface area (Å²) in [5.41, 5.74) is -0.634. The molecule has 18 heavy (non-hydrogen) atoms. The SMILES string of the molecule is O=c1[nH]cc(Br)c(O)c1Br.O=c1cc(O)cc[nH]1. The third-order valence-electron chi connectivity index (χ3n) is 1.72. The van der Waals surface area contributed by atoms with Crippen LogP contribution in [0.1, 0.15) is 0 Å². The molecule has 2 rings (SSSR count). The molecule has 0 radical (unpaired) electrons. The molecule has 0 fully saturated rings. The lowest BCUT2D eigenvalue weighted by Gasteiger charge is -1.95. The first kappa shape index (κ1) is 14.5. The molecule has 6 nitrogen and oxygen atoms in total. The molecule has 4 N–H and O–H groups in total. The number of aromatic amines is 2. The number of pyridine rings is 2. The quantitative estimate of drug-likeness (QED) is 0.558. The predicted molar refractivity (Wildman–Crippen MR) is 72.9 cm³/mol. The standard InChI is InChI=1S/C5H3Br2NO2.C5H5NO2/c6-2-1-8-5(10)3(7)4(2)9;7-4-1-2-6-5(8)3-4/h1H,(H2,8,9,10);1-3H,(H2,6,7,8). The van der Waals surface area contributed by atoms with Crippen molar-refractivity contribution in [3.8, 4) is 11.5 Å². The van der Waals surface area contributed by atoms with Gasteiger partial charge in [-0.15, -0.1) is 0 Å². The second-order valence-corrected chi connectivity index (χ2v) is 4.69. The molecule has 2 aromatic rings. The largest absolute Gasteiger partial charge is 0.508 e. The number of halogens is 2. The summed E-state index contributed by atoms with van der Waals surface area (Å²) in [6, 6.07) is 2.52. The topological polar surface area (TPSA) is 106 Å². The number of hydrogen-bond donors (Lipinski definition) is 4. The van der Waals surface area contributed by atoms with Crippen LogP contribution in [0.25, 0.3) is 0 Å². The summed E-state index contributed by atoms with van der Waals surface area (Å²) >= 11 is 5.94. The summed E-state index contributed by atoms with van der Waals surface area (Å²) in [5, 5.41) is 17.7. The molecular formula is C10H8Br2N2O4. The van der Waals surface area contributed by atoms with Crippen LogP contribution >= 0.6 is 31.9 Å². The molecule has 0 unspecified atom stereocenters. The van der Waals surface area contributed by atoms with Crippen LogP contribution in [0, 0.1) is 0 Å². The normalized spacial score (nSPS) is 9.44. The van der Waals surface area contributed by atoms with Gasteiger partial charge in [0.15, 0.2) is 5.75 Å². The number of aromatic hydroxyl groups is 2. The maximum atomic E-state index is 10.7. The molecule has 0 aliphatic heterocycles. The van der Waals surface area contributed by atoms with Crippen LogP contribution < -0.4 is 11.1 Å². The Labute approximate surface area is 118 Å². The van der Waals surface area contributed by atoms with Gasteiger partial charge in [-0.25, -0.2) is 0 Å². The zero-order valence-electron chi connectivity index (χ0n) is 8.78. The van der Waals surface area contributed by atoms with Gasteiger partial charge in [0, 0.05) is 18.5 Å². The van der Waals surface area contributed by atoms with Crippen LogP contribution in [0.3, 0.4) is 0 Å². The highest BCUT2D eigenvalue weighted by Crippen LogP contribution is 2.27.